The molecule has 3 rings (SSSR count). The molecule has 0 saturated heterocycles. The summed E-state index contributed by atoms with van der Waals surface area (Å²) in [4.78, 5) is 0. The topological polar surface area (TPSA) is 18.5 Å². The lowest BCUT2D eigenvalue weighted by molar-refractivity contribution is -0.158. The first-order valence-corrected chi connectivity index (χ1v) is 7.04. The van der Waals surface area contributed by atoms with Gasteiger partial charge in [0.1, 0.15) is 0 Å². The lowest BCUT2D eigenvalue weighted by atomic mass is 9.63. The third-order valence-corrected chi connectivity index (χ3v) is 5.77. The minimum atomic E-state index is -0.105. The van der Waals surface area contributed by atoms with Crippen LogP contribution in [0.4, 0.5) is 0 Å². The van der Waals surface area contributed by atoms with Gasteiger partial charge in [-0.1, -0.05) is 25.5 Å². The van der Waals surface area contributed by atoms with Crippen LogP contribution in [0.15, 0.2) is 24.0 Å². The van der Waals surface area contributed by atoms with E-state index in [1.165, 1.54) is 12.8 Å². The third kappa shape index (κ3) is 1.38. The summed E-state index contributed by atoms with van der Waals surface area (Å²) in [6, 6.07) is 0. The Labute approximate surface area is 110 Å². The van der Waals surface area contributed by atoms with Crippen molar-refractivity contribution in [2.45, 2.75) is 46.3 Å². The Hall–Kier alpha value is -0.760. The van der Waals surface area contributed by atoms with E-state index in [1.54, 1.807) is 12.7 Å². The van der Waals surface area contributed by atoms with Crippen molar-refractivity contribution in [3.05, 3.63) is 24.0 Å². The number of allylic oxidation sites excluding steroid dienone is 2. The normalized spacial score (nSPS) is 44.9. The fourth-order valence-corrected chi connectivity index (χ4v) is 4.64. The predicted molar refractivity (Wildman–Crippen MR) is 71.8 cm³/mol. The summed E-state index contributed by atoms with van der Waals surface area (Å²) >= 11 is 0. The Morgan fingerprint density at radius 1 is 1.39 bits per heavy atom. The third-order valence-electron chi connectivity index (χ3n) is 5.77. The molecule has 0 radical (unpaired) electrons. The van der Waals surface area contributed by atoms with E-state index in [0.717, 1.165) is 12.3 Å². The molecule has 3 aliphatic rings. The summed E-state index contributed by atoms with van der Waals surface area (Å²) in [5.41, 5.74) is 1.85. The average Bonchev–Trinajstić information content (AvgIpc) is 2.81. The monoisotopic (exact) mass is 248 g/mol. The van der Waals surface area contributed by atoms with E-state index in [4.69, 9.17) is 9.47 Å². The van der Waals surface area contributed by atoms with Gasteiger partial charge in [0.05, 0.1) is 11.7 Å². The first-order valence-electron chi connectivity index (χ1n) is 7.04. The highest BCUT2D eigenvalue weighted by molar-refractivity contribution is 5.24. The van der Waals surface area contributed by atoms with Gasteiger partial charge in [0.25, 0.3) is 0 Å². The Morgan fingerprint density at radius 3 is 2.89 bits per heavy atom. The molecule has 100 valence electrons. The second-order valence-corrected chi connectivity index (χ2v) is 6.79. The predicted octanol–water partition coefficient (Wildman–Crippen LogP) is 3.89. The van der Waals surface area contributed by atoms with Gasteiger partial charge in [-0.2, -0.15) is 0 Å². The van der Waals surface area contributed by atoms with Gasteiger partial charge in [-0.3, -0.25) is 0 Å². The molecule has 0 aromatic carbocycles. The summed E-state index contributed by atoms with van der Waals surface area (Å²) in [5, 5.41) is 0. The molecule has 2 aliphatic carbocycles. The Morgan fingerprint density at radius 2 is 2.17 bits per heavy atom. The average molecular weight is 248 g/mol. The molecule has 1 spiro atoms. The maximum atomic E-state index is 5.68. The van der Waals surface area contributed by atoms with Crippen LogP contribution in [0, 0.1) is 22.7 Å². The molecule has 1 saturated carbocycles. The summed E-state index contributed by atoms with van der Waals surface area (Å²) in [5.74, 6) is 1.45. The van der Waals surface area contributed by atoms with E-state index < -0.39 is 0 Å². The molecule has 2 nitrogen and oxygen atoms in total. The molecule has 0 aromatic heterocycles. The number of hydrogen-bond donors (Lipinski definition) is 0. The zero-order chi connectivity index (χ0) is 13.0. The van der Waals surface area contributed by atoms with Gasteiger partial charge in [-0.25, -0.2) is 0 Å². The number of rotatable bonds is 1. The van der Waals surface area contributed by atoms with Gasteiger partial charge >= 0.3 is 0 Å². The highest BCUT2D eigenvalue weighted by Crippen LogP contribution is 2.65. The van der Waals surface area contributed by atoms with Crippen LogP contribution in [-0.4, -0.2) is 13.4 Å². The second kappa shape index (κ2) is 3.86. The zero-order valence-corrected chi connectivity index (χ0v) is 11.9. The van der Waals surface area contributed by atoms with Crippen LogP contribution in [0.2, 0.25) is 0 Å². The molecule has 1 fully saturated rings. The minimum absolute atomic E-state index is 0.0538. The second-order valence-electron chi connectivity index (χ2n) is 6.79. The van der Waals surface area contributed by atoms with Gasteiger partial charge in [-0.15, -0.1) is 0 Å². The smallest absolute Gasteiger partial charge is 0.208 e. The molecular weight excluding hydrogens is 224 g/mol. The summed E-state index contributed by atoms with van der Waals surface area (Å²) in [7, 11) is 1.76. The fraction of sp³-hybridized carbons (Fsp3) is 0.750. The van der Waals surface area contributed by atoms with Gasteiger partial charge in [0.2, 0.25) is 6.29 Å². The lowest BCUT2D eigenvalue weighted by Crippen LogP contribution is -2.43. The van der Waals surface area contributed by atoms with Crippen molar-refractivity contribution in [1.29, 1.82) is 0 Å². The number of fused-ring (bicyclic) bond motifs is 1. The maximum absolute atomic E-state index is 5.68. The van der Waals surface area contributed by atoms with Gasteiger partial charge in [0.15, 0.2) is 0 Å². The number of ether oxygens (including phenoxy) is 2. The number of methoxy groups -OCH3 is 1. The highest BCUT2D eigenvalue weighted by atomic mass is 16.7. The van der Waals surface area contributed by atoms with Gasteiger partial charge in [-0.05, 0) is 49.5 Å². The summed E-state index contributed by atoms with van der Waals surface area (Å²) in [6.45, 7) is 7.07. The van der Waals surface area contributed by atoms with E-state index in [2.05, 4.69) is 32.9 Å². The Kier molecular flexibility index (Phi) is 2.64. The van der Waals surface area contributed by atoms with Crippen molar-refractivity contribution in [2.24, 2.45) is 22.7 Å². The highest BCUT2D eigenvalue weighted by Gasteiger charge is 2.63. The zero-order valence-electron chi connectivity index (χ0n) is 11.9. The first-order chi connectivity index (χ1) is 8.51. The SMILES string of the molecule is COC1OC=CC12C[C@H]1C=C(C)CC[C@H]1C2(C)C. The Balaban J connectivity index is 2.01. The van der Waals surface area contributed by atoms with Crippen molar-refractivity contribution in [3.8, 4) is 0 Å². The van der Waals surface area contributed by atoms with Crippen LogP contribution in [0.25, 0.3) is 0 Å². The molecular formula is C16H24O2. The largest absolute Gasteiger partial charge is 0.472 e. The van der Waals surface area contributed by atoms with E-state index in [-0.39, 0.29) is 17.1 Å². The van der Waals surface area contributed by atoms with Crippen LogP contribution in [0.5, 0.6) is 0 Å². The molecule has 2 unspecified atom stereocenters. The number of hydrogen-bond acceptors (Lipinski definition) is 2. The van der Waals surface area contributed by atoms with Crippen molar-refractivity contribution < 1.29 is 9.47 Å². The molecule has 0 N–H and O–H groups in total. The van der Waals surface area contributed by atoms with E-state index in [9.17, 15) is 0 Å². The maximum Gasteiger partial charge on any atom is 0.208 e. The Bertz CT molecular complexity index is 407. The summed E-state index contributed by atoms with van der Waals surface area (Å²) < 4.78 is 11.3. The van der Waals surface area contributed by atoms with Crippen LogP contribution in [-0.2, 0) is 9.47 Å². The van der Waals surface area contributed by atoms with Crippen molar-refractivity contribution in [3.63, 3.8) is 0 Å². The molecule has 0 aromatic rings. The minimum Gasteiger partial charge on any atom is -0.472 e. The van der Waals surface area contributed by atoms with Gasteiger partial charge < -0.3 is 9.47 Å². The molecule has 18 heavy (non-hydrogen) atoms. The molecule has 0 bridgehead atoms. The first kappa shape index (κ1) is 12.3. The quantitative estimate of drug-likeness (QED) is 0.655. The van der Waals surface area contributed by atoms with E-state index >= 15 is 0 Å². The van der Waals surface area contributed by atoms with E-state index in [0.29, 0.717) is 5.92 Å². The molecule has 1 aliphatic heterocycles. The standard InChI is InChI=1S/C16H24O2/c1-11-5-6-13-12(9-11)10-16(15(13,2)3)7-8-18-14(16)17-4/h7-9,12-14H,5-6,10H2,1-4H3/t12-,13-,14?,16?/m1/s1. The van der Waals surface area contributed by atoms with Crippen LogP contribution >= 0.6 is 0 Å². The van der Waals surface area contributed by atoms with Crippen LogP contribution < -0.4 is 0 Å². The van der Waals surface area contributed by atoms with Crippen molar-refractivity contribution in [2.75, 3.05) is 7.11 Å². The van der Waals surface area contributed by atoms with Crippen LogP contribution in [0.3, 0.4) is 0 Å². The van der Waals surface area contributed by atoms with Crippen LogP contribution in [0.1, 0.15) is 40.0 Å². The van der Waals surface area contributed by atoms with E-state index in [1.807, 2.05) is 6.26 Å². The fourth-order valence-electron chi connectivity index (χ4n) is 4.64. The lowest BCUT2D eigenvalue weighted by Gasteiger charge is -2.43. The van der Waals surface area contributed by atoms with Crippen molar-refractivity contribution in [1.82, 2.24) is 0 Å². The molecule has 1 heterocycles. The molecule has 2 heteroatoms. The summed E-state index contributed by atoms with van der Waals surface area (Å²) in [6.07, 6.45) is 10.2. The molecule has 0 amide bonds. The van der Waals surface area contributed by atoms with Crippen molar-refractivity contribution >= 4 is 0 Å². The van der Waals surface area contributed by atoms with Gasteiger partial charge in [0, 0.05) is 7.11 Å². The molecule has 4 atom stereocenters.